The Bertz CT molecular complexity index is 602. The molecule has 0 spiro atoms. The monoisotopic (exact) mass is 489 g/mol. The van der Waals surface area contributed by atoms with E-state index in [1.165, 1.54) is 0 Å². The number of hydrogen-bond donors (Lipinski definition) is 3. The summed E-state index contributed by atoms with van der Waals surface area (Å²) in [4.78, 5) is 9.02. The fraction of sp³-hybridized carbons (Fsp3) is 0.714. The number of hydrogen-bond acceptors (Lipinski definition) is 5. The molecule has 10 heteroatoms. The lowest BCUT2D eigenvalue weighted by atomic mass is 10.2. The molecular weight excluding hydrogens is 461 g/mol. The van der Waals surface area contributed by atoms with E-state index in [1.807, 2.05) is 6.92 Å². The second-order valence-corrected chi connectivity index (χ2v) is 8.28. The molecule has 3 N–H and O–H groups in total. The number of nitrogens with one attached hydrogen (secondary N) is 3. The van der Waals surface area contributed by atoms with E-state index in [1.54, 1.807) is 18.3 Å². The number of halogens is 1. The number of sulfonamides is 1. The summed E-state index contributed by atoms with van der Waals surface area (Å²) in [6.07, 6.45) is 0. The largest absolute Gasteiger partial charge is 0.357 e. The normalized spacial score (nSPS) is 12.1. The molecule has 0 bridgehead atoms. The molecule has 0 saturated carbocycles. The van der Waals surface area contributed by atoms with Crippen LogP contribution in [0, 0.1) is 0 Å². The number of rotatable bonds is 9. The highest BCUT2D eigenvalue weighted by molar-refractivity contribution is 14.0. The van der Waals surface area contributed by atoms with Crippen LogP contribution in [0.5, 0.6) is 0 Å². The van der Waals surface area contributed by atoms with Gasteiger partial charge in [-0.3, -0.25) is 0 Å². The molecule has 0 aliphatic rings. The minimum Gasteiger partial charge on any atom is -0.357 e. The van der Waals surface area contributed by atoms with E-state index in [-0.39, 0.29) is 29.7 Å². The second kappa shape index (κ2) is 12.0. The van der Waals surface area contributed by atoms with E-state index < -0.39 is 10.0 Å². The van der Waals surface area contributed by atoms with Gasteiger partial charge in [-0.25, -0.2) is 23.1 Å². The molecule has 24 heavy (non-hydrogen) atoms. The van der Waals surface area contributed by atoms with Crippen molar-refractivity contribution < 1.29 is 8.42 Å². The zero-order valence-corrected chi connectivity index (χ0v) is 18.6. The molecule has 0 radical (unpaired) electrons. The third kappa shape index (κ3) is 9.14. The Labute approximate surface area is 166 Å². The molecule has 1 heterocycles. The smallest absolute Gasteiger partial charge is 0.211 e. The SMILES string of the molecule is CCNC(=NCc1nc(C(C)C)cs1)NCCNS(=O)(=O)CC.I. The van der Waals surface area contributed by atoms with Gasteiger partial charge in [0.2, 0.25) is 10.0 Å². The van der Waals surface area contributed by atoms with Gasteiger partial charge in [0.15, 0.2) is 5.96 Å². The van der Waals surface area contributed by atoms with Crippen LogP contribution in [0.1, 0.15) is 44.3 Å². The predicted octanol–water partition coefficient (Wildman–Crippen LogP) is 1.88. The van der Waals surface area contributed by atoms with Gasteiger partial charge >= 0.3 is 0 Å². The quantitative estimate of drug-likeness (QED) is 0.213. The Morgan fingerprint density at radius 1 is 1.29 bits per heavy atom. The van der Waals surface area contributed by atoms with Gasteiger partial charge in [-0.05, 0) is 19.8 Å². The highest BCUT2D eigenvalue weighted by Crippen LogP contribution is 2.18. The van der Waals surface area contributed by atoms with Crippen molar-refractivity contribution in [1.82, 2.24) is 20.3 Å². The van der Waals surface area contributed by atoms with Gasteiger partial charge in [0.25, 0.3) is 0 Å². The van der Waals surface area contributed by atoms with E-state index in [9.17, 15) is 8.42 Å². The summed E-state index contributed by atoms with van der Waals surface area (Å²) in [7, 11) is -3.15. The average Bonchev–Trinajstić information content (AvgIpc) is 2.98. The summed E-state index contributed by atoms with van der Waals surface area (Å²) in [5, 5.41) is 9.27. The summed E-state index contributed by atoms with van der Waals surface area (Å²) in [6.45, 7) is 9.87. The Kier molecular flexibility index (Phi) is 11.8. The van der Waals surface area contributed by atoms with E-state index >= 15 is 0 Å². The van der Waals surface area contributed by atoms with Crippen molar-refractivity contribution in [2.75, 3.05) is 25.4 Å². The summed E-state index contributed by atoms with van der Waals surface area (Å²) in [5.74, 6) is 1.16. The fourth-order valence-corrected chi connectivity index (χ4v) is 3.14. The van der Waals surface area contributed by atoms with Gasteiger partial charge in [0.1, 0.15) is 5.01 Å². The molecule has 0 aromatic carbocycles. The Balaban J connectivity index is 0.00000529. The first-order chi connectivity index (χ1) is 10.9. The molecule has 1 aromatic rings. The molecule has 140 valence electrons. The van der Waals surface area contributed by atoms with Crippen LogP contribution in [0.15, 0.2) is 10.4 Å². The Hall–Kier alpha value is -0.460. The van der Waals surface area contributed by atoms with Crippen LogP contribution >= 0.6 is 35.3 Å². The molecule has 0 fully saturated rings. The lowest BCUT2D eigenvalue weighted by Crippen LogP contribution is -2.41. The van der Waals surface area contributed by atoms with Crippen LogP contribution in [-0.2, 0) is 16.6 Å². The molecule has 1 rings (SSSR count). The van der Waals surface area contributed by atoms with Crippen LogP contribution in [-0.4, -0.2) is 44.7 Å². The molecular formula is C14H28IN5O2S2. The maximum atomic E-state index is 11.3. The first-order valence-corrected chi connectivity index (χ1v) is 10.3. The molecule has 0 aliphatic carbocycles. The van der Waals surface area contributed by atoms with Crippen molar-refractivity contribution in [3.8, 4) is 0 Å². The number of aromatic nitrogens is 1. The summed E-state index contributed by atoms with van der Waals surface area (Å²) >= 11 is 1.61. The van der Waals surface area contributed by atoms with Crippen LogP contribution in [0.2, 0.25) is 0 Å². The second-order valence-electron chi connectivity index (χ2n) is 5.24. The van der Waals surface area contributed by atoms with Crippen LogP contribution in [0.25, 0.3) is 0 Å². The Morgan fingerprint density at radius 3 is 2.54 bits per heavy atom. The molecule has 0 saturated heterocycles. The third-order valence-corrected chi connectivity index (χ3v) is 5.25. The zero-order chi connectivity index (χ0) is 17.3. The topological polar surface area (TPSA) is 95.5 Å². The number of aliphatic imine (C=N–C) groups is 1. The van der Waals surface area contributed by atoms with Crippen LogP contribution in [0.3, 0.4) is 0 Å². The van der Waals surface area contributed by atoms with Crippen LogP contribution < -0.4 is 15.4 Å². The van der Waals surface area contributed by atoms with E-state index in [0.29, 0.717) is 31.5 Å². The number of nitrogens with zero attached hydrogens (tertiary/aromatic N) is 2. The molecule has 0 atom stereocenters. The lowest BCUT2D eigenvalue weighted by molar-refractivity contribution is 0.582. The van der Waals surface area contributed by atoms with E-state index in [0.717, 1.165) is 17.2 Å². The minimum absolute atomic E-state index is 0. The highest BCUT2D eigenvalue weighted by atomic mass is 127. The van der Waals surface area contributed by atoms with E-state index in [2.05, 4.69) is 44.6 Å². The maximum absolute atomic E-state index is 11.3. The molecule has 0 aliphatic heterocycles. The van der Waals surface area contributed by atoms with Gasteiger partial charge in [0, 0.05) is 25.0 Å². The van der Waals surface area contributed by atoms with Gasteiger partial charge in [-0.1, -0.05) is 13.8 Å². The van der Waals surface area contributed by atoms with Crippen molar-refractivity contribution in [3.05, 3.63) is 16.1 Å². The molecule has 0 unspecified atom stereocenters. The highest BCUT2D eigenvalue weighted by Gasteiger charge is 2.07. The summed E-state index contributed by atoms with van der Waals surface area (Å²) in [5.41, 5.74) is 1.09. The van der Waals surface area contributed by atoms with E-state index in [4.69, 9.17) is 0 Å². The molecule has 1 aromatic heterocycles. The fourth-order valence-electron chi connectivity index (χ4n) is 1.64. The molecule has 0 amide bonds. The van der Waals surface area contributed by atoms with Crippen molar-refractivity contribution in [2.45, 2.75) is 40.2 Å². The minimum atomic E-state index is -3.15. The van der Waals surface area contributed by atoms with Crippen molar-refractivity contribution >= 4 is 51.3 Å². The van der Waals surface area contributed by atoms with Crippen molar-refractivity contribution in [1.29, 1.82) is 0 Å². The zero-order valence-electron chi connectivity index (χ0n) is 14.6. The Morgan fingerprint density at radius 2 is 2.00 bits per heavy atom. The number of guanidine groups is 1. The van der Waals surface area contributed by atoms with Crippen molar-refractivity contribution in [3.63, 3.8) is 0 Å². The van der Waals surface area contributed by atoms with Crippen molar-refractivity contribution in [2.24, 2.45) is 4.99 Å². The number of thiazole rings is 1. The van der Waals surface area contributed by atoms with Gasteiger partial charge in [0.05, 0.1) is 18.0 Å². The molecule has 7 nitrogen and oxygen atoms in total. The van der Waals surface area contributed by atoms with Crippen LogP contribution in [0.4, 0.5) is 0 Å². The first-order valence-electron chi connectivity index (χ1n) is 7.81. The summed E-state index contributed by atoms with van der Waals surface area (Å²) in [6, 6.07) is 0. The van der Waals surface area contributed by atoms with Gasteiger partial charge in [-0.15, -0.1) is 35.3 Å². The standard InChI is InChI=1S/C14H27N5O2S2.HI/c1-5-15-14(16-7-8-18-23(20,21)6-2)17-9-13-19-12(10-22-13)11(3)4;/h10-11,18H,5-9H2,1-4H3,(H2,15,16,17);1H. The van der Waals surface area contributed by atoms with Gasteiger partial charge in [-0.2, -0.15) is 0 Å². The third-order valence-electron chi connectivity index (χ3n) is 3.00. The predicted molar refractivity (Wildman–Crippen MR) is 112 cm³/mol. The maximum Gasteiger partial charge on any atom is 0.211 e. The lowest BCUT2D eigenvalue weighted by Gasteiger charge is -2.11. The first kappa shape index (κ1) is 23.5. The summed E-state index contributed by atoms with van der Waals surface area (Å²) < 4.78 is 25.2. The van der Waals surface area contributed by atoms with Gasteiger partial charge < -0.3 is 10.6 Å². The average molecular weight is 489 g/mol.